The lowest BCUT2D eigenvalue weighted by molar-refractivity contribution is 0.1000. The van der Waals surface area contributed by atoms with Gasteiger partial charge in [0.25, 0.3) is 0 Å². The van der Waals surface area contributed by atoms with Crippen LogP contribution >= 0.6 is 11.3 Å². The number of aromatic nitrogens is 5. The van der Waals surface area contributed by atoms with Crippen LogP contribution in [0.2, 0.25) is 0 Å². The third-order valence-corrected chi connectivity index (χ3v) is 7.07. The van der Waals surface area contributed by atoms with Gasteiger partial charge >= 0.3 is 0 Å². The molecule has 166 valence electrons. The van der Waals surface area contributed by atoms with E-state index in [4.69, 9.17) is 15.5 Å². The van der Waals surface area contributed by atoms with Crippen molar-refractivity contribution in [3.8, 4) is 10.6 Å². The normalized spacial score (nSPS) is 17.3. The fraction of sp³-hybridized carbons (Fsp3) is 0.364. The SMILES string of the molecule is COC1CCN(c2cc(C(N)=O)cn3c(-c4ccc(C)s4)c([C@H](C)c4ncn[nH]4)nc23)C1. The van der Waals surface area contributed by atoms with E-state index in [1.807, 2.05) is 10.5 Å². The fourth-order valence-electron chi connectivity index (χ4n) is 4.31. The Balaban J connectivity index is 1.78. The molecule has 0 aromatic carbocycles. The predicted molar refractivity (Wildman–Crippen MR) is 123 cm³/mol. The molecule has 0 radical (unpaired) electrons. The van der Waals surface area contributed by atoms with Gasteiger partial charge in [0.15, 0.2) is 5.65 Å². The van der Waals surface area contributed by atoms with Crippen molar-refractivity contribution < 1.29 is 9.53 Å². The quantitative estimate of drug-likeness (QED) is 0.466. The molecule has 4 aromatic heterocycles. The molecule has 4 aromatic rings. The lowest BCUT2D eigenvalue weighted by Crippen LogP contribution is -2.24. The molecule has 1 fully saturated rings. The number of anilines is 1. The highest BCUT2D eigenvalue weighted by Gasteiger charge is 2.29. The van der Waals surface area contributed by atoms with Gasteiger partial charge in [0.2, 0.25) is 5.91 Å². The van der Waals surface area contributed by atoms with Gasteiger partial charge in [-0.25, -0.2) is 9.97 Å². The first-order chi connectivity index (χ1) is 15.5. The molecule has 1 unspecified atom stereocenters. The molecule has 0 saturated carbocycles. The number of rotatable bonds is 6. The number of H-pyrrole nitrogens is 1. The molecule has 0 spiro atoms. The van der Waals surface area contributed by atoms with Crippen LogP contribution in [0, 0.1) is 6.92 Å². The topological polar surface area (TPSA) is 114 Å². The molecule has 1 aliphatic rings. The van der Waals surface area contributed by atoms with E-state index in [1.165, 1.54) is 11.2 Å². The first-order valence-electron chi connectivity index (χ1n) is 10.5. The number of fused-ring (bicyclic) bond motifs is 1. The average Bonchev–Trinajstić information content (AvgIpc) is 3.58. The molecule has 1 amide bonds. The number of carbonyl (C=O) groups is 1. The third-order valence-electron chi connectivity index (χ3n) is 6.06. The molecule has 2 atom stereocenters. The van der Waals surface area contributed by atoms with Gasteiger partial charge in [0, 0.05) is 31.3 Å². The van der Waals surface area contributed by atoms with Gasteiger partial charge in [-0.15, -0.1) is 11.3 Å². The minimum atomic E-state index is -0.470. The summed E-state index contributed by atoms with van der Waals surface area (Å²) in [6.45, 7) is 5.69. The number of nitrogens with zero attached hydrogens (tertiary/aromatic N) is 5. The average molecular weight is 452 g/mol. The maximum atomic E-state index is 12.2. The molecule has 5 rings (SSSR count). The lowest BCUT2D eigenvalue weighted by atomic mass is 10.0. The van der Waals surface area contributed by atoms with E-state index < -0.39 is 5.91 Å². The second kappa shape index (κ2) is 8.03. The molecule has 1 aliphatic heterocycles. The van der Waals surface area contributed by atoms with Crippen LogP contribution < -0.4 is 10.6 Å². The molecular formula is C22H25N7O2S. The van der Waals surface area contributed by atoms with Gasteiger partial charge in [0.1, 0.15) is 12.2 Å². The number of amides is 1. The molecule has 0 aliphatic carbocycles. The number of ether oxygens (including phenoxy) is 1. The van der Waals surface area contributed by atoms with E-state index in [0.717, 1.165) is 52.9 Å². The number of carbonyl (C=O) groups excluding carboxylic acids is 1. The maximum Gasteiger partial charge on any atom is 0.250 e. The highest BCUT2D eigenvalue weighted by atomic mass is 32.1. The van der Waals surface area contributed by atoms with Crippen LogP contribution in [0.3, 0.4) is 0 Å². The fourth-order valence-corrected chi connectivity index (χ4v) is 5.23. The van der Waals surface area contributed by atoms with E-state index in [9.17, 15) is 4.79 Å². The first kappa shape index (κ1) is 20.7. The summed E-state index contributed by atoms with van der Waals surface area (Å²) in [6.07, 6.45) is 4.36. The van der Waals surface area contributed by atoms with E-state index in [0.29, 0.717) is 5.56 Å². The Labute approximate surface area is 189 Å². The van der Waals surface area contributed by atoms with E-state index >= 15 is 0 Å². The zero-order valence-corrected chi connectivity index (χ0v) is 19.0. The predicted octanol–water partition coefficient (Wildman–Crippen LogP) is 2.97. The molecule has 10 heteroatoms. The molecule has 9 nitrogen and oxygen atoms in total. The van der Waals surface area contributed by atoms with E-state index in [1.54, 1.807) is 24.6 Å². The van der Waals surface area contributed by atoms with E-state index in [-0.39, 0.29) is 12.0 Å². The smallest absolute Gasteiger partial charge is 0.250 e. The summed E-state index contributed by atoms with van der Waals surface area (Å²) in [7, 11) is 1.73. The van der Waals surface area contributed by atoms with Crippen molar-refractivity contribution in [3.63, 3.8) is 0 Å². The zero-order chi connectivity index (χ0) is 22.4. The molecule has 0 bridgehead atoms. The number of nitrogens with two attached hydrogens (primary N) is 1. The summed E-state index contributed by atoms with van der Waals surface area (Å²) >= 11 is 1.69. The number of thiophene rings is 1. The minimum absolute atomic E-state index is 0.120. The Bertz CT molecular complexity index is 1280. The molecule has 32 heavy (non-hydrogen) atoms. The van der Waals surface area contributed by atoms with Crippen molar-refractivity contribution >= 4 is 28.6 Å². The third kappa shape index (κ3) is 3.45. The van der Waals surface area contributed by atoms with Crippen molar-refractivity contribution in [2.24, 2.45) is 5.73 Å². The van der Waals surface area contributed by atoms with Crippen LogP contribution in [0.25, 0.3) is 16.2 Å². The number of imidazole rings is 1. The maximum absolute atomic E-state index is 12.2. The number of methoxy groups -OCH3 is 1. The van der Waals surface area contributed by atoms with Gasteiger partial charge in [-0.3, -0.25) is 14.3 Å². The van der Waals surface area contributed by atoms with Crippen LogP contribution in [0.4, 0.5) is 5.69 Å². The number of hydrogen-bond donors (Lipinski definition) is 2. The Hall–Kier alpha value is -3.24. The van der Waals surface area contributed by atoms with Crippen molar-refractivity contribution in [1.82, 2.24) is 24.6 Å². The first-order valence-corrected chi connectivity index (χ1v) is 11.3. The number of aryl methyl sites for hydroxylation is 1. The number of pyridine rings is 1. The van der Waals surface area contributed by atoms with Crippen LogP contribution in [0.5, 0.6) is 0 Å². The van der Waals surface area contributed by atoms with Crippen LogP contribution in [0.1, 0.15) is 46.0 Å². The Morgan fingerprint density at radius 2 is 2.25 bits per heavy atom. The van der Waals surface area contributed by atoms with E-state index in [2.05, 4.69) is 46.1 Å². The summed E-state index contributed by atoms with van der Waals surface area (Å²) in [4.78, 5) is 26.2. The zero-order valence-electron chi connectivity index (χ0n) is 18.2. The Kier molecular flexibility index (Phi) is 5.18. The van der Waals surface area contributed by atoms with Crippen molar-refractivity contribution in [2.45, 2.75) is 32.3 Å². The number of hydrogen-bond acceptors (Lipinski definition) is 7. The lowest BCUT2D eigenvalue weighted by Gasteiger charge is -2.20. The second-order valence-electron chi connectivity index (χ2n) is 8.11. The van der Waals surface area contributed by atoms with Gasteiger partial charge in [0.05, 0.1) is 39.5 Å². The number of nitrogens with one attached hydrogen (secondary N) is 1. The van der Waals surface area contributed by atoms with Crippen LogP contribution in [-0.2, 0) is 4.74 Å². The largest absolute Gasteiger partial charge is 0.380 e. The highest BCUT2D eigenvalue weighted by Crippen LogP contribution is 2.39. The molecule has 3 N–H and O–H groups in total. The Morgan fingerprint density at radius 1 is 1.41 bits per heavy atom. The monoisotopic (exact) mass is 451 g/mol. The molecule has 5 heterocycles. The summed E-state index contributed by atoms with van der Waals surface area (Å²) in [5.41, 5.74) is 9.64. The van der Waals surface area contributed by atoms with Gasteiger partial charge in [-0.05, 0) is 38.5 Å². The second-order valence-corrected chi connectivity index (χ2v) is 9.40. The van der Waals surface area contributed by atoms with Crippen LogP contribution in [-0.4, -0.2) is 56.8 Å². The standard InChI is InChI=1S/C22H25N7O2S/c1-12-4-5-17(32-12)19-18(13(2)21-24-11-25-27-21)26-22-16(28-7-6-15(10-28)31-3)8-14(20(23)30)9-29(19)22/h4-5,8-9,11,13,15H,6-7,10H2,1-3H3,(H2,23,30)(H,24,25,27)/t13-,15?/m0/s1. The molecule has 1 saturated heterocycles. The minimum Gasteiger partial charge on any atom is -0.380 e. The van der Waals surface area contributed by atoms with Gasteiger partial charge in [-0.2, -0.15) is 5.10 Å². The highest BCUT2D eigenvalue weighted by molar-refractivity contribution is 7.15. The molecular weight excluding hydrogens is 426 g/mol. The summed E-state index contributed by atoms with van der Waals surface area (Å²) < 4.78 is 7.57. The number of aromatic amines is 1. The van der Waals surface area contributed by atoms with Crippen molar-refractivity contribution in [3.05, 3.63) is 52.7 Å². The van der Waals surface area contributed by atoms with Crippen molar-refractivity contribution in [2.75, 3.05) is 25.1 Å². The summed E-state index contributed by atoms with van der Waals surface area (Å²) in [6, 6.07) is 6.02. The van der Waals surface area contributed by atoms with Gasteiger partial charge in [-0.1, -0.05) is 0 Å². The number of primary amides is 1. The van der Waals surface area contributed by atoms with Crippen molar-refractivity contribution in [1.29, 1.82) is 0 Å². The van der Waals surface area contributed by atoms with Crippen LogP contribution in [0.15, 0.2) is 30.7 Å². The summed E-state index contributed by atoms with van der Waals surface area (Å²) in [5, 5.41) is 6.98. The summed E-state index contributed by atoms with van der Waals surface area (Å²) in [5.74, 6) is 0.146. The Morgan fingerprint density at radius 3 is 2.88 bits per heavy atom. The van der Waals surface area contributed by atoms with Gasteiger partial charge < -0.3 is 15.4 Å².